The minimum absolute atomic E-state index is 0.00910. The standard InChI is InChI=1S/C22H28O2.C21H26O2.C20H24O2.C18H20O2/c1-14-10-18(11-15(2)20(14)23)22(8-6-5-7-9-22)19-12-16(3)21(24)17(4)13-19;1-15-12-20(2,3)14-21(13-15,16-4-8-18(22)9-5-16)17-6-10-19(23)11-7-17;1-14-12-16(6-8-18(14)21)20(10-4-3-5-11-20)17-7-9-19(22)15(2)13-17;19-16-8-4-14(5-9-16)18(12-2-1-3-13-18)15-6-10-17(20)11-7-15/h10-13,23-24H,5-9H2,1-4H3;4-11,15,22-23H,12-14H2,1-3H3;6-9,12-13,21-22H,3-5,10-11H2,1-2H3;4-11,19-20H,1-3,12-13H2. The Hall–Kier alpha value is -7.84. The lowest BCUT2D eigenvalue weighted by molar-refractivity contribution is 0.127. The van der Waals surface area contributed by atoms with Gasteiger partial charge in [0, 0.05) is 21.7 Å². The zero-order valence-corrected chi connectivity index (χ0v) is 54.4. The molecule has 0 bridgehead atoms. The second-order valence-electron chi connectivity index (χ2n) is 28.0. The van der Waals surface area contributed by atoms with E-state index >= 15 is 0 Å². The highest BCUT2D eigenvalue weighted by molar-refractivity contribution is 5.54. The van der Waals surface area contributed by atoms with E-state index < -0.39 is 0 Å². The summed E-state index contributed by atoms with van der Waals surface area (Å²) in [7, 11) is 0. The predicted molar refractivity (Wildman–Crippen MR) is 362 cm³/mol. The van der Waals surface area contributed by atoms with Crippen LogP contribution in [0.5, 0.6) is 46.0 Å². The second kappa shape index (κ2) is 27.5. The van der Waals surface area contributed by atoms with Gasteiger partial charge in [-0.15, -0.1) is 0 Å². The number of phenols is 8. The molecule has 12 rings (SSSR count). The Bertz CT molecular complexity index is 3400. The fraction of sp³-hybridized carbons (Fsp3) is 0.407. The molecule has 4 saturated carbocycles. The van der Waals surface area contributed by atoms with Crippen LogP contribution < -0.4 is 0 Å². The highest BCUT2D eigenvalue weighted by atomic mass is 16.3. The van der Waals surface area contributed by atoms with Gasteiger partial charge in [0.05, 0.1) is 0 Å². The summed E-state index contributed by atoms with van der Waals surface area (Å²) in [6, 6.07) is 51.2. The van der Waals surface area contributed by atoms with E-state index in [9.17, 15) is 40.9 Å². The highest BCUT2D eigenvalue weighted by Crippen LogP contribution is 2.55. The topological polar surface area (TPSA) is 162 Å². The predicted octanol–water partition coefficient (Wildman–Crippen LogP) is 20.1. The zero-order valence-electron chi connectivity index (χ0n) is 54.4. The first kappa shape index (κ1) is 65.6. The molecule has 4 aliphatic carbocycles. The summed E-state index contributed by atoms with van der Waals surface area (Å²) in [5, 5.41) is 78.4. The molecule has 470 valence electrons. The minimum Gasteiger partial charge on any atom is -0.508 e. The molecule has 1 unspecified atom stereocenters. The summed E-state index contributed by atoms with van der Waals surface area (Å²) >= 11 is 0. The van der Waals surface area contributed by atoms with Crippen LogP contribution in [0, 0.1) is 52.9 Å². The lowest BCUT2D eigenvalue weighted by Crippen LogP contribution is -2.41. The van der Waals surface area contributed by atoms with Crippen molar-refractivity contribution in [2.75, 3.05) is 0 Å². The third-order valence-electron chi connectivity index (χ3n) is 20.8. The van der Waals surface area contributed by atoms with Gasteiger partial charge in [0.2, 0.25) is 0 Å². The van der Waals surface area contributed by atoms with Crippen LogP contribution in [0.4, 0.5) is 0 Å². The summed E-state index contributed by atoms with van der Waals surface area (Å²) in [6.07, 6.45) is 21.3. The van der Waals surface area contributed by atoms with Gasteiger partial charge in [-0.2, -0.15) is 0 Å². The summed E-state index contributed by atoms with van der Waals surface area (Å²) < 4.78 is 0. The number of rotatable bonds is 8. The first-order chi connectivity index (χ1) is 42.4. The summed E-state index contributed by atoms with van der Waals surface area (Å²) in [5.74, 6) is 3.38. The Balaban J connectivity index is 0.000000141. The van der Waals surface area contributed by atoms with Crippen molar-refractivity contribution in [3.8, 4) is 46.0 Å². The van der Waals surface area contributed by atoms with Crippen molar-refractivity contribution in [2.45, 2.75) is 200 Å². The number of benzene rings is 8. The molecule has 8 aromatic carbocycles. The fourth-order valence-electron chi connectivity index (χ4n) is 16.4. The third-order valence-corrected chi connectivity index (χ3v) is 20.8. The Morgan fingerprint density at radius 3 is 0.809 bits per heavy atom. The molecule has 4 aliphatic rings. The number of aryl methyl sites for hydroxylation is 6. The van der Waals surface area contributed by atoms with Gasteiger partial charge in [0.15, 0.2) is 0 Å². The minimum atomic E-state index is -0.0669. The summed E-state index contributed by atoms with van der Waals surface area (Å²) in [5.41, 5.74) is 16.1. The van der Waals surface area contributed by atoms with Crippen LogP contribution in [0.3, 0.4) is 0 Å². The van der Waals surface area contributed by atoms with Crippen LogP contribution >= 0.6 is 0 Å². The van der Waals surface area contributed by atoms with E-state index in [4.69, 9.17) is 0 Å². The molecule has 8 heteroatoms. The van der Waals surface area contributed by atoms with Crippen molar-refractivity contribution in [2.24, 2.45) is 11.3 Å². The van der Waals surface area contributed by atoms with E-state index in [1.807, 2.05) is 77.9 Å². The molecule has 8 aromatic rings. The average Bonchev–Trinajstić information content (AvgIpc) is 2.94. The lowest BCUT2D eigenvalue weighted by Gasteiger charge is -2.48. The van der Waals surface area contributed by atoms with Gasteiger partial charge < -0.3 is 40.9 Å². The smallest absolute Gasteiger partial charge is 0.121 e. The van der Waals surface area contributed by atoms with Crippen LogP contribution in [-0.2, 0) is 21.7 Å². The Morgan fingerprint density at radius 1 is 0.281 bits per heavy atom. The molecule has 8 nitrogen and oxygen atoms in total. The van der Waals surface area contributed by atoms with E-state index in [-0.39, 0.29) is 27.1 Å². The number of hydrogen-bond donors (Lipinski definition) is 8. The van der Waals surface area contributed by atoms with Crippen molar-refractivity contribution < 1.29 is 40.9 Å². The molecule has 4 fully saturated rings. The normalized spacial score (nSPS) is 18.7. The Labute approximate surface area is 530 Å². The summed E-state index contributed by atoms with van der Waals surface area (Å²) in [6.45, 7) is 18.9. The SMILES string of the molecule is CC1CC(C)(C)CC(c2ccc(O)cc2)(c2ccc(O)cc2)C1.Cc1cc(C2(c3cc(C)c(O)c(C)c3)CCCCC2)cc(C)c1O.Cc1cc(C2(c3ccc(O)c(C)c3)CCCCC2)ccc1O.Oc1ccc(C2(c3ccc(O)cc3)CCCCC2)cc1. The van der Waals surface area contributed by atoms with Gasteiger partial charge in [0.25, 0.3) is 0 Å². The van der Waals surface area contributed by atoms with Crippen molar-refractivity contribution in [3.05, 3.63) is 236 Å². The van der Waals surface area contributed by atoms with Gasteiger partial charge in [-0.05, 0) is 249 Å². The maximum absolute atomic E-state index is 10.2. The quantitative estimate of drug-likeness (QED) is 0.0746. The van der Waals surface area contributed by atoms with E-state index in [0.29, 0.717) is 51.9 Å². The zero-order chi connectivity index (χ0) is 63.9. The molecule has 89 heavy (non-hydrogen) atoms. The maximum Gasteiger partial charge on any atom is 0.121 e. The van der Waals surface area contributed by atoms with Crippen LogP contribution in [0.2, 0.25) is 0 Å². The van der Waals surface area contributed by atoms with E-state index in [1.54, 1.807) is 48.5 Å². The van der Waals surface area contributed by atoms with Crippen LogP contribution in [0.15, 0.2) is 158 Å². The molecule has 0 aliphatic heterocycles. The van der Waals surface area contributed by atoms with Gasteiger partial charge in [-0.3, -0.25) is 0 Å². The Morgan fingerprint density at radius 2 is 0.528 bits per heavy atom. The van der Waals surface area contributed by atoms with E-state index in [2.05, 4.69) is 93.6 Å². The highest BCUT2D eigenvalue weighted by Gasteiger charge is 2.45. The first-order valence-corrected chi connectivity index (χ1v) is 32.8. The number of phenolic OH excluding ortho intramolecular Hbond substituents is 8. The van der Waals surface area contributed by atoms with Crippen molar-refractivity contribution in [1.29, 1.82) is 0 Å². The van der Waals surface area contributed by atoms with Crippen LogP contribution in [0.1, 0.15) is 214 Å². The Kier molecular flexibility index (Phi) is 20.3. The fourth-order valence-corrected chi connectivity index (χ4v) is 16.4. The largest absolute Gasteiger partial charge is 0.508 e. The van der Waals surface area contributed by atoms with Gasteiger partial charge in [0.1, 0.15) is 46.0 Å². The molecule has 0 aromatic heterocycles. The third kappa shape index (κ3) is 14.4. The molecule has 0 radical (unpaired) electrons. The molecule has 0 spiro atoms. The van der Waals surface area contributed by atoms with Crippen LogP contribution in [-0.4, -0.2) is 40.9 Å². The second-order valence-corrected chi connectivity index (χ2v) is 28.0. The molecular formula is C81H98O8. The van der Waals surface area contributed by atoms with Crippen molar-refractivity contribution in [3.63, 3.8) is 0 Å². The maximum atomic E-state index is 10.2. The van der Waals surface area contributed by atoms with Crippen molar-refractivity contribution in [1.82, 2.24) is 0 Å². The first-order valence-electron chi connectivity index (χ1n) is 32.8. The van der Waals surface area contributed by atoms with Gasteiger partial charge in [-0.25, -0.2) is 0 Å². The molecule has 0 saturated heterocycles. The molecular weight excluding hydrogens is 1100 g/mol. The number of aromatic hydroxyl groups is 8. The van der Waals surface area contributed by atoms with Gasteiger partial charge in [-0.1, -0.05) is 176 Å². The van der Waals surface area contributed by atoms with Crippen molar-refractivity contribution >= 4 is 0 Å². The van der Waals surface area contributed by atoms with E-state index in [1.165, 1.54) is 109 Å². The molecule has 0 amide bonds. The van der Waals surface area contributed by atoms with E-state index in [0.717, 1.165) is 84.7 Å². The monoisotopic (exact) mass is 1200 g/mol. The number of hydrogen-bond acceptors (Lipinski definition) is 8. The lowest BCUT2D eigenvalue weighted by atomic mass is 9.55. The summed E-state index contributed by atoms with van der Waals surface area (Å²) in [4.78, 5) is 0. The van der Waals surface area contributed by atoms with Gasteiger partial charge >= 0.3 is 0 Å². The average molecular weight is 1200 g/mol. The molecule has 1 atom stereocenters. The van der Waals surface area contributed by atoms with Crippen LogP contribution in [0.25, 0.3) is 0 Å². The molecule has 8 N–H and O–H groups in total. The molecule has 0 heterocycles.